The number of hydrogen-bond acceptors (Lipinski definition) is 3. The van der Waals surface area contributed by atoms with Gasteiger partial charge in [-0.3, -0.25) is 19.5 Å². The molecule has 3 aliphatic carbocycles. The van der Waals surface area contributed by atoms with E-state index < -0.39 is 0 Å². The van der Waals surface area contributed by atoms with Crippen LogP contribution in [0.25, 0.3) is 0 Å². The predicted octanol–water partition coefficient (Wildman–Crippen LogP) is 6.62. The van der Waals surface area contributed by atoms with Crippen molar-refractivity contribution in [3.8, 4) is 0 Å². The summed E-state index contributed by atoms with van der Waals surface area (Å²) in [6, 6.07) is 20.2. The highest BCUT2D eigenvalue weighted by molar-refractivity contribution is 6.07. The average molecular weight is 469 g/mol. The summed E-state index contributed by atoms with van der Waals surface area (Å²) in [6.45, 7) is 5.61. The fraction of sp³-hybridized carbons (Fsp3) is 0.516. The van der Waals surface area contributed by atoms with Crippen molar-refractivity contribution in [1.29, 1.82) is 0 Å². The molecule has 4 heteroatoms. The Bertz CT molecular complexity index is 1120. The standard InChI is InChI=1S/C31H36N2O2/c1-30-18-16-26-24(20-32-28-19-23(34)15-17-31(26,28)2)25(30)13-14-27(30)29(35)33(21-9-5-3-6-10-21)22-11-7-4-8-12-22/h3-12,24-27H,13-20H2,1-2H3/t24-,25-,26+,27?,30-,31+/m0/s1. The quantitative estimate of drug-likeness (QED) is 0.508. The van der Waals surface area contributed by atoms with E-state index >= 15 is 0 Å². The Kier molecular flexibility index (Phi) is 5.47. The van der Waals surface area contributed by atoms with Crippen molar-refractivity contribution in [3.63, 3.8) is 0 Å². The molecule has 4 nitrogen and oxygen atoms in total. The third-order valence-corrected chi connectivity index (χ3v) is 10.2. The van der Waals surface area contributed by atoms with Crippen LogP contribution in [0.2, 0.25) is 0 Å². The molecular formula is C31H36N2O2. The molecule has 3 saturated carbocycles. The summed E-state index contributed by atoms with van der Waals surface area (Å²) in [4.78, 5) is 33.5. The summed E-state index contributed by atoms with van der Waals surface area (Å²) in [5, 5.41) is 0. The Morgan fingerprint density at radius 1 is 0.886 bits per heavy atom. The summed E-state index contributed by atoms with van der Waals surface area (Å²) in [6.07, 6.45) is 6.49. The maximum Gasteiger partial charge on any atom is 0.235 e. The van der Waals surface area contributed by atoms with Crippen LogP contribution in [0.3, 0.4) is 0 Å². The smallest absolute Gasteiger partial charge is 0.235 e. The van der Waals surface area contributed by atoms with Gasteiger partial charge in [-0.25, -0.2) is 0 Å². The van der Waals surface area contributed by atoms with Gasteiger partial charge in [-0.05, 0) is 79.5 Å². The second kappa shape index (κ2) is 8.43. The number of hydrogen-bond donors (Lipinski definition) is 0. The first-order valence-corrected chi connectivity index (χ1v) is 13.4. The summed E-state index contributed by atoms with van der Waals surface area (Å²) in [5.41, 5.74) is 3.11. The van der Waals surface area contributed by atoms with E-state index in [1.165, 1.54) is 5.71 Å². The molecule has 35 heavy (non-hydrogen) atoms. The first-order chi connectivity index (χ1) is 16.9. The number of Topliss-reactive ketones (excluding diaryl/α,β-unsaturated/α-hetero) is 1. The maximum absolute atomic E-state index is 14.4. The van der Waals surface area contributed by atoms with Gasteiger partial charge in [-0.1, -0.05) is 50.2 Å². The summed E-state index contributed by atoms with van der Waals surface area (Å²) >= 11 is 0. The number of benzene rings is 2. The van der Waals surface area contributed by atoms with Crippen molar-refractivity contribution >= 4 is 28.8 Å². The van der Waals surface area contributed by atoms with Gasteiger partial charge in [0.2, 0.25) is 5.91 Å². The molecule has 182 valence electrons. The van der Waals surface area contributed by atoms with E-state index in [9.17, 15) is 9.59 Å². The molecule has 0 spiro atoms. The Hall–Kier alpha value is -2.75. The van der Waals surface area contributed by atoms with Crippen LogP contribution in [-0.2, 0) is 9.59 Å². The van der Waals surface area contributed by atoms with Crippen molar-refractivity contribution in [1.82, 2.24) is 0 Å². The third kappa shape index (κ3) is 3.51. The number of fused-ring (bicyclic) bond motifs is 5. The van der Waals surface area contributed by atoms with Crippen LogP contribution in [-0.4, -0.2) is 23.9 Å². The number of carbonyl (C=O) groups is 2. The van der Waals surface area contributed by atoms with E-state index in [-0.39, 0.29) is 22.7 Å². The minimum absolute atomic E-state index is 0.00602. The van der Waals surface area contributed by atoms with E-state index in [0.29, 0.717) is 36.4 Å². The van der Waals surface area contributed by atoms with Gasteiger partial charge in [-0.15, -0.1) is 0 Å². The number of rotatable bonds is 3. The topological polar surface area (TPSA) is 49.7 Å². The SMILES string of the molecule is C[C@]12CCC(=O)CC1=NC[C@@H]1[C@H]2CC[C@]2(C)C(C(=O)N(c3ccccc3)c3ccccc3)CC[C@@H]12. The Labute approximate surface area is 208 Å². The van der Waals surface area contributed by atoms with Crippen LogP contribution in [0.1, 0.15) is 58.8 Å². The fourth-order valence-electron chi connectivity index (χ4n) is 8.32. The van der Waals surface area contributed by atoms with E-state index in [0.717, 1.165) is 50.0 Å². The number of ketones is 1. The molecule has 2 aromatic rings. The summed E-state index contributed by atoms with van der Waals surface area (Å²) < 4.78 is 0. The van der Waals surface area contributed by atoms with Crippen LogP contribution >= 0.6 is 0 Å². The Balaban J connectivity index is 1.32. The number of aliphatic imine (C=N–C) groups is 1. The molecular weight excluding hydrogens is 432 g/mol. The maximum atomic E-state index is 14.4. The first kappa shape index (κ1) is 22.7. The zero-order valence-electron chi connectivity index (χ0n) is 21.0. The lowest BCUT2D eigenvalue weighted by Gasteiger charge is -2.56. The highest BCUT2D eigenvalue weighted by Crippen LogP contribution is 2.64. The zero-order chi connectivity index (χ0) is 24.2. The van der Waals surface area contributed by atoms with Crippen molar-refractivity contribution in [3.05, 3.63) is 60.7 Å². The number of anilines is 2. The number of carbonyl (C=O) groups excluding carboxylic acids is 2. The molecule has 6 atom stereocenters. The van der Waals surface area contributed by atoms with E-state index in [1.807, 2.05) is 65.6 Å². The second-order valence-electron chi connectivity index (χ2n) is 11.8. The van der Waals surface area contributed by atoms with Crippen LogP contribution in [0.5, 0.6) is 0 Å². The molecule has 3 fully saturated rings. The minimum Gasteiger partial charge on any atom is -0.299 e. The molecule has 1 amide bonds. The molecule has 4 aliphatic rings. The highest BCUT2D eigenvalue weighted by atomic mass is 16.2. The normalized spacial score (nSPS) is 35.9. The van der Waals surface area contributed by atoms with Gasteiger partial charge >= 0.3 is 0 Å². The first-order valence-electron chi connectivity index (χ1n) is 13.4. The van der Waals surface area contributed by atoms with Gasteiger partial charge in [0.05, 0.1) is 0 Å². The van der Waals surface area contributed by atoms with E-state index in [1.54, 1.807) is 0 Å². The number of para-hydroxylation sites is 2. The predicted molar refractivity (Wildman–Crippen MR) is 140 cm³/mol. The minimum atomic E-state index is -0.00602. The summed E-state index contributed by atoms with van der Waals surface area (Å²) in [5.74, 6) is 2.24. The molecule has 0 bridgehead atoms. The molecule has 2 aromatic carbocycles. The van der Waals surface area contributed by atoms with Crippen LogP contribution in [0.4, 0.5) is 11.4 Å². The molecule has 1 aliphatic heterocycles. The van der Waals surface area contributed by atoms with Crippen molar-refractivity contribution in [2.45, 2.75) is 58.8 Å². The zero-order valence-corrected chi connectivity index (χ0v) is 21.0. The van der Waals surface area contributed by atoms with Gasteiger partial charge in [0.25, 0.3) is 0 Å². The Morgan fingerprint density at radius 2 is 1.54 bits per heavy atom. The third-order valence-electron chi connectivity index (χ3n) is 10.2. The van der Waals surface area contributed by atoms with Gasteiger partial charge in [0.15, 0.2) is 0 Å². The van der Waals surface area contributed by atoms with Crippen molar-refractivity contribution in [2.24, 2.45) is 39.5 Å². The lowest BCUT2D eigenvalue weighted by molar-refractivity contribution is -0.128. The van der Waals surface area contributed by atoms with Gasteiger partial charge in [-0.2, -0.15) is 0 Å². The molecule has 0 aromatic heterocycles. The molecule has 0 saturated heterocycles. The van der Waals surface area contributed by atoms with E-state index in [2.05, 4.69) is 13.8 Å². The lowest BCUT2D eigenvalue weighted by Crippen LogP contribution is -2.55. The van der Waals surface area contributed by atoms with Crippen LogP contribution < -0.4 is 4.90 Å². The molecule has 6 rings (SSSR count). The second-order valence-corrected chi connectivity index (χ2v) is 11.8. The van der Waals surface area contributed by atoms with E-state index in [4.69, 9.17) is 4.99 Å². The lowest BCUT2D eigenvalue weighted by atomic mass is 9.49. The van der Waals surface area contributed by atoms with Gasteiger partial charge in [0.1, 0.15) is 5.78 Å². The average Bonchev–Trinajstić information content (AvgIpc) is 3.23. The molecule has 1 heterocycles. The molecule has 0 N–H and O–H groups in total. The van der Waals surface area contributed by atoms with Crippen LogP contribution in [0, 0.1) is 34.5 Å². The monoisotopic (exact) mass is 468 g/mol. The number of nitrogens with zero attached hydrogens (tertiary/aromatic N) is 2. The van der Waals surface area contributed by atoms with Crippen molar-refractivity contribution in [2.75, 3.05) is 11.4 Å². The van der Waals surface area contributed by atoms with Gasteiger partial charge in [0, 0.05) is 47.8 Å². The highest BCUT2D eigenvalue weighted by Gasteiger charge is 2.61. The molecule has 1 unspecified atom stereocenters. The van der Waals surface area contributed by atoms with Crippen LogP contribution in [0.15, 0.2) is 65.7 Å². The van der Waals surface area contributed by atoms with Gasteiger partial charge < -0.3 is 0 Å². The number of amides is 1. The van der Waals surface area contributed by atoms with Crippen molar-refractivity contribution < 1.29 is 9.59 Å². The summed E-state index contributed by atoms with van der Waals surface area (Å²) in [7, 11) is 0. The Morgan fingerprint density at radius 3 is 2.20 bits per heavy atom. The fourth-order valence-corrected chi connectivity index (χ4v) is 8.32. The molecule has 0 radical (unpaired) electrons. The largest absolute Gasteiger partial charge is 0.299 e.